The van der Waals surface area contributed by atoms with Crippen LogP contribution in [0.4, 0.5) is 0 Å². The molecule has 2 aromatic rings. The number of ether oxygens (including phenoxy) is 1. The summed E-state index contributed by atoms with van der Waals surface area (Å²) in [5.41, 5.74) is 2.46. The number of nitrogens with zero attached hydrogens (tertiary/aromatic N) is 2. The van der Waals surface area contributed by atoms with E-state index in [9.17, 15) is 4.79 Å². The number of carbonyl (C=O) groups excluding carboxylic acids is 1. The zero-order valence-corrected chi connectivity index (χ0v) is 13.1. The van der Waals surface area contributed by atoms with Gasteiger partial charge in [-0.05, 0) is 11.6 Å². The summed E-state index contributed by atoms with van der Waals surface area (Å²) in [6.45, 7) is 6.58. The smallest absolute Gasteiger partial charge is 0.356 e. The maximum absolute atomic E-state index is 12.1. The number of aryl methyl sites for hydroxylation is 1. The van der Waals surface area contributed by atoms with Crippen LogP contribution < -0.4 is 0 Å². The third-order valence-electron chi connectivity index (χ3n) is 3.32. The summed E-state index contributed by atoms with van der Waals surface area (Å²) in [4.78, 5) is 12.1. The van der Waals surface area contributed by atoms with Crippen LogP contribution in [0.25, 0.3) is 0 Å². The van der Waals surface area contributed by atoms with E-state index in [1.807, 2.05) is 36.4 Å². The van der Waals surface area contributed by atoms with Crippen molar-refractivity contribution in [3.8, 4) is 0 Å². The first-order chi connectivity index (χ1) is 9.88. The third kappa shape index (κ3) is 3.94. The average molecular weight is 286 g/mol. The molecule has 1 aromatic heterocycles. The van der Waals surface area contributed by atoms with E-state index in [4.69, 9.17) is 4.74 Å². The van der Waals surface area contributed by atoms with E-state index >= 15 is 0 Å². The third-order valence-corrected chi connectivity index (χ3v) is 3.32. The van der Waals surface area contributed by atoms with Crippen molar-refractivity contribution < 1.29 is 9.53 Å². The van der Waals surface area contributed by atoms with Crippen molar-refractivity contribution >= 4 is 5.97 Å². The molecular weight excluding hydrogens is 264 g/mol. The molecule has 21 heavy (non-hydrogen) atoms. The lowest BCUT2D eigenvalue weighted by atomic mass is 9.92. The van der Waals surface area contributed by atoms with Gasteiger partial charge in [-0.25, -0.2) is 4.79 Å². The molecule has 0 aliphatic heterocycles. The summed E-state index contributed by atoms with van der Waals surface area (Å²) in [7, 11) is 1.77. The highest BCUT2D eigenvalue weighted by Gasteiger charge is 2.22. The van der Waals surface area contributed by atoms with Gasteiger partial charge in [0.1, 0.15) is 5.69 Å². The monoisotopic (exact) mass is 286 g/mol. The Kier molecular flexibility index (Phi) is 4.46. The predicted octanol–water partition coefficient (Wildman–Crippen LogP) is 3.12. The highest BCUT2D eigenvalue weighted by molar-refractivity contribution is 5.87. The van der Waals surface area contributed by atoms with Gasteiger partial charge < -0.3 is 4.74 Å². The molecular formula is C17H22N2O2. The van der Waals surface area contributed by atoms with Gasteiger partial charge in [-0.2, -0.15) is 5.10 Å². The average Bonchev–Trinajstić information content (AvgIpc) is 2.82. The highest BCUT2D eigenvalue weighted by atomic mass is 16.5. The maximum Gasteiger partial charge on any atom is 0.356 e. The Morgan fingerprint density at radius 3 is 2.48 bits per heavy atom. The SMILES string of the molecule is Cn1nc(C(C)(C)C)cc1C(=O)OCCc1ccccc1. The molecule has 0 fully saturated rings. The molecule has 1 aromatic carbocycles. The molecule has 4 heteroatoms. The molecule has 0 radical (unpaired) electrons. The Labute approximate surface area is 125 Å². The molecule has 0 N–H and O–H groups in total. The summed E-state index contributed by atoms with van der Waals surface area (Å²) in [5, 5.41) is 4.39. The van der Waals surface area contributed by atoms with Gasteiger partial charge in [-0.1, -0.05) is 51.1 Å². The molecule has 0 bridgehead atoms. The Morgan fingerprint density at radius 2 is 1.90 bits per heavy atom. The molecule has 0 saturated heterocycles. The number of carbonyl (C=O) groups is 1. The topological polar surface area (TPSA) is 44.1 Å². The minimum Gasteiger partial charge on any atom is -0.461 e. The van der Waals surface area contributed by atoms with E-state index in [0.717, 1.165) is 17.7 Å². The van der Waals surface area contributed by atoms with Crippen molar-refractivity contribution in [1.29, 1.82) is 0 Å². The van der Waals surface area contributed by atoms with Gasteiger partial charge in [-0.15, -0.1) is 0 Å². The van der Waals surface area contributed by atoms with Crippen LogP contribution in [0, 0.1) is 0 Å². The zero-order valence-electron chi connectivity index (χ0n) is 13.1. The summed E-state index contributed by atoms with van der Waals surface area (Å²) in [5.74, 6) is -0.323. The van der Waals surface area contributed by atoms with Crippen LogP contribution in [0.3, 0.4) is 0 Å². The van der Waals surface area contributed by atoms with Gasteiger partial charge >= 0.3 is 5.97 Å². The number of rotatable bonds is 4. The van der Waals surface area contributed by atoms with Crippen molar-refractivity contribution in [2.75, 3.05) is 6.61 Å². The molecule has 0 aliphatic rings. The number of benzene rings is 1. The van der Waals surface area contributed by atoms with E-state index in [1.54, 1.807) is 11.7 Å². The lowest BCUT2D eigenvalue weighted by Crippen LogP contribution is -2.12. The van der Waals surface area contributed by atoms with Gasteiger partial charge in [-0.3, -0.25) is 4.68 Å². The van der Waals surface area contributed by atoms with E-state index in [0.29, 0.717) is 12.3 Å². The molecule has 0 atom stereocenters. The van der Waals surface area contributed by atoms with E-state index < -0.39 is 0 Å². The largest absolute Gasteiger partial charge is 0.461 e. The van der Waals surface area contributed by atoms with Gasteiger partial charge in [0.2, 0.25) is 0 Å². The summed E-state index contributed by atoms with van der Waals surface area (Å²) >= 11 is 0. The number of hydrogen-bond donors (Lipinski definition) is 0. The second-order valence-corrected chi connectivity index (χ2v) is 6.16. The Balaban J connectivity index is 1.96. The Hall–Kier alpha value is -2.10. The standard InChI is InChI=1S/C17H22N2O2/c1-17(2,3)15-12-14(19(4)18-15)16(20)21-11-10-13-8-6-5-7-9-13/h5-9,12H,10-11H2,1-4H3. The van der Waals surface area contributed by atoms with Crippen molar-refractivity contribution in [3.05, 3.63) is 53.3 Å². The summed E-state index contributed by atoms with van der Waals surface area (Å²) in [6.07, 6.45) is 0.719. The van der Waals surface area contributed by atoms with Crippen LogP contribution in [0.5, 0.6) is 0 Å². The van der Waals surface area contributed by atoms with E-state index in [2.05, 4.69) is 25.9 Å². The van der Waals surface area contributed by atoms with Crippen molar-refractivity contribution in [2.45, 2.75) is 32.6 Å². The van der Waals surface area contributed by atoms with Crippen LogP contribution in [0.2, 0.25) is 0 Å². The minimum atomic E-state index is -0.323. The highest BCUT2D eigenvalue weighted by Crippen LogP contribution is 2.21. The molecule has 4 nitrogen and oxygen atoms in total. The summed E-state index contributed by atoms with van der Waals surface area (Å²) < 4.78 is 6.93. The molecule has 112 valence electrons. The van der Waals surface area contributed by atoms with Crippen LogP contribution in [0.15, 0.2) is 36.4 Å². The van der Waals surface area contributed by atoms with Crippen molar-refractivity contribution in [1.82, 2.24) is 9.78 Å². The molecule has 0 saturated carbocycles. The minimum absolute atomic E-state index is 0.0830. The van der Waals surface area contributed by atoms with Crippen molar-refractivity contribution in [3.63, 3.8) is 0 Å². The van der Waals surface area contributed by atoms with Gasteiger partial charge in [0.25, 0.3) is 0 Å². The molecule has 0 aliphatic carbocycles. The lowest BCUT2D eigenvalue weighted by Gasteiger charge is -2.13. The fourth-order valence-corrected chi connectivity index (χ4v) is 2.00. The molecule has 2 rings (SSSR count). The first-order valence-corrected chi connectivity index (χ1v) is 7.13. The second-order valence-electron chi connectivity index (χ2n) is 6.16. The number of esters is 1. The van der Waals surface area contributed by atoms with Crippen LogP contribution >= 0.6 is 0 Å². The summed E-state index contributed by atoms with van der Waals surface area (Å²) in [6, 6.07) is 11.8. The normalized spacial score (nSPS) is 11.4. The number of aromatic nitrogens is 2. The van der Waals surface area contributed by atoms with Gasteiger partial charge in [0.15, 0.2) is 0 Å². The van der Waals surface area contributed by atoms with E-state index in [-0.39, 0.29) is 11.4 Å². The molecule has 0 spiro atoms. The van der Waals surface area contributed by atoms with Crippen molar-refractivity contribution in [2.24, 2.45) is 7.05 Å². The molecule has 0 unspecified atom stereocenters. The van der Waals surface area contributed by atoms with Crippen LogP contribution in [-0.4, -0.2) is 22.4 Å². The number of hydrogen-bond acceptors (Lipinski definition) is 3. The molecule has 1 heterocycles. The fraction of sp³-hybridized carbons (Fsp3) is 0.412. The zero-order chi connectivity index (χ0) is 15.5. The Morgan fingerprint density at radius 1 is 1.24 bits per heavy atom. The first-order valence-electron chi connectivity index (χ1n) is 7.13. The van der Waals surface area contributed by atoms with Gasteiger partial charge in [0, 0.05) is 18.9 Å². The van der Waals surface area contributed by atoms with Crippen LogP contribution in [-0.2, 0) is 23.6 Å². The van der Waals surface area contributed by atoms with Crippen LogP contribution in [0.1, 0.15) is 42.5 Å². The Bertz CT molecular complexity index is 609. The fourth-order valence-electron chi connectivity index (χ4n) is 2.00. The van der Waals surface area contributed by atoms with Gasteiger partial charge in [0.05, 0.1) is 12.3 Å². The second kappa shape index (κ2) is 6.12. The first kappa shape index (κ1) is 15.3. The van der Waals surface area contributed by atoms with E-state index in [1.165, 1.54) is 0 Å². The lowest BCUT2D eigenvalue weighted by molar-refractivity contribution is 0.0496. The quantitative estimate of drug-likeness (QED) is 0.811. The molecule has 0 amide bonds. The predicted molar refractivity (Wildman–Crippen MR) is 82.3 cm³/mol. The maximum atomic E-state index is 12.1.